The first-order valence-electron chi connectivity index (χ1n) is 7.39. The fourth-order valence-electron chi connectivity index (χ4n) is 2.96. The minimum absolute atomic E-state index is 0.469. The van der Waals surface area contributed by atoms with Gasteiger partial charge in [0.15, 0.2) is 0 Å². The molecule has 2 rings (SSSR count). The first kappa shape index (κ1) is 15.3. The van der Waals surface area contributed by atoms with Crippen molar-refractivity contribution in [2.75, 3.05) is 6.54 Å². The van der Waals surface area contributed by atoms with Crippen molar-refractivity contribution in [3.05, 3.63) is 33.3 Å². The first-order valence-corrected chi connectivity index (χ1v) is 8.56. The molecule has 1 unspecified atom stereocenters. The topological polar surface area (TPSA) is 12.0 Å². The van der Waals surface area contributed by atoms with E-state index in [9.17, 15) is 0 Å². The van der Waals surface area contributed by atoms with Crippen molar-refractivity contribution in [1.82, 2.24) is 5.32 Å². The van der Waals surface area contributed by atoms with Crippen LogP contribution in [0.4, 0.5) is 0 Å². The smallest absolute Gasteiger partial charge is 0.0548 e. The number of benzene rings is 1. The Kier molecular flexibility index (Phi) is 6.18. The maximum atomic E-state index is 6.09. The van der Waals surface area contributed by atoms with Crippen LogP contribution in [0.3, 0.4) is 0 Å². The van der Waals surface area contributed by atoms with Crippen LogP contribution in [-0.2, 0) is 0 Å². The van der Waals surface area contributed by atoms with Crippen LogP contribution >= 0.6 is 27.5 Å². The monoisotopic (exact) mass is 343 g/mol. The molecule has 19 heavy (non-hydrogen) atoms. The summed E-state index contributed by atoms with van der Waals surface area (Å²) in [5.41, 5.74) is 1.36. The van der Waals surface area contributed by atoms with Crippen molar-refractivity contribution < 1.29 is 0 Å². The molecule has 1 nitrogen and oxygen atoms in total. The molecule has 0 aliphatic heterocycles. The van der Waals surface area contributed by atoms with Gasteiger partial charge in [0.2, 0.25) is 0 Å². The Morgan fingerprint density at radius 1 is 1.37 bits per heavy atom. The van der Waals surface area contributed by atoms with Gasteiger partial charge in [-0.05, 0) is 58.9 Å². The molecule has 1 aromatic carbocycles. The molecule has 0 aromatic heterocycles. The van der Waals surface area contributed by atoms with E-state index in [1.165, 1.54) is 44.1 Å². The van der Waals surface area contributed by atoms with Gasteiger partial charge in [-0.1, -0.05) is 50.3 Å². The summed E-state index contributed by atoms with van der Waals surface area (Å²) in [7, 11) is 0. The minimum atomic E-state index is 0.469. The minimum Gasteiger partial charge on any atom is -0.310 e. The van der Waals surface area contributed by atoms with Crippen molar-refractivity contribution in [2.24, 2.45) is 5.92 Å². The average Bonchev–Trinajstić information content (AvgIpc) is 2.91. The van der Waals surface area contributed by atoms with E-state index in [1.807, 2.05) is 6.07 Å². The zero-order valence-corrected chi connectivity index (χ0v) is 13.9. The van der Waals surface area contributed by atoms with Gasteiger partial charge in [-0.2, -0.15) is 0 Å². The van der Waals surface area contributed by atoms with Crippen molar-refractivity contribution in [2.45, 2.75) is 51.5 Å². The Bertz CT molecular complexity index is 402. The lowest BCUT2D eigenvalue weighted by atomic mass is 9.93. The average molecular weight is 345 g/mol. The van der Waals surface area contributed by atoms with Crippen LogP contribution in [0.1, 0.15) is 57.1 Å². The molecule has 1 saturated carbocycles. The van der Waals surface area contributed by atoms with E-state index in [2.05, 4.69) is 40.3 Å². The summed E-state index contributed by atoms with van der Waals surface area (Å²) in [5.74, 6) is 0.892. The third-order valence-electron chi connectivity index (χ3n) is 4.03. The van der Waals surface area contributed by atoms with E-state index in [0.717, 1.165) is 22.0 Å². The van der Waals surface area contributed by atoms with E-state index in [-0.39, 0.29) is 0 Å². The number of hydrogen-bond acceptors (Lipinski definition) is 1. The molecular formula is C16H23BrClN. The maximum Gasteiger partial charge on any atom is 0.0548 e. The molecule has 0 heterocycles. The van der Waals surface area contributed by atoms with Gasteiger partial charge >= 0.3 is 0 Å². The Hall–Kier alpha value is -0.0500. The number of halogens is 2. The van der Waals surface area contributed by atoms with Gasteiger partial charge < -0.3 is 5.32 Å². The Balaban J connectivity index is 2.08. The van der Waals surface area contributed by atoms with E-state index in [0.29, 0.717) is 6.04 Å². The van der Waals surface area contributed by atoms with Crippen LogP contribution in [0.25, 0.3) is 0 Å². The molecule has 0 amide bonds. The summed E-state index contributed by atoms with van der Waals surface area (Å²) in [4.78, 5) is 0. The number of hydrogen-bond donors (Lipinski definition) is 1. The van der Waals surface area contributed by atoms with Crippen molar-refractivity contribution in [3.63, 3.8) is 0 Å². The summed E-state index contributed by atoms with van der Waals surface area (Å²) < 4.78 is 1.00. The van der Waals surface area contributed by atoms with Gasteiger partial charge in [-0.15, -0.1) is 0 Å². The van der Waals surface area contributed by atoms with Crippen LogP contribution in [-0.4, -0.2) is 6.54 Å². The predicted octanol–water partition coefficient (Wildman–Crippen LogP) is 5.72. The van der Waals surface area contributed by atoms with Crippen molar-refractivity contribution in [1.29, 1.82) is 0 Å². The van der Waals surface area contributed by atoms with Gasteiger partial charge in [-0.25, -0.2) is 0 Å². The molecule has 0 radical (unpaired) electrons. The molecule has 0 spiro atoms. The van der Waals surface area contributed by atoms with Crippen LogP contribution in [0, 0.1) is 5.92 Å². The van der Waals surface area contributed by atoms with Crippen molar-refractivity contribution in [3.8, 4) is 0 Å². The van der Waals surface area contributed by atoms with E-state index in [4.69, 9.17) is 11.6 Å². The van der Waals surface area contributed by atoms with Gasteiger partial charge in [0, 0.05) is 10.5 Å². The molecule has 1 aromatic rings. The highest BCUT2D eigenvalue weighted by molar-refractivity contribution is 9.10. The molecule has 1 atom stereocenters. The molecule has 1 aliphatic carbocycles. The quantitative estimate of drug-likeness (QED) is 0.695. The van der Waals surface area contributed by atoms with Gasteiger partial charge in [0.25, 0.3) is 0 Å². The van der Waals surface area contributed by atoms with E-state index >= 15 is 0 Å². The Morgan fingerprint density at radius 3 is 2.74 bits per heavy atom. The largest absolute Gasteiger partial charge is 0.310 e. The molecule has 106 valence electrons. The fraction of sp³-hybridized carbons (Fsp3) is 0.625. The summed E-state index contributed by atoms with van der Waals surface area (Å²) in [6.07, 6.45) is 8.06. The third kappa shape index (κ3) is 4.47. The highest BCUT2D eigenvalue weighted by Gasteiger charge is 2.21. The second-order valence-corrected chi connectivity index (χ2v) is 6.83. The zero-order chi connectivity index (χ0) is 13.7. The standard InChI is InChI=1S/C16H23BrClN/c1-2-9-19-16(10-12-5-3-4-6-12)13-7-8-15(18)14(17)11-13/h7-8,11-12,16,19H,2-6,9-10H2,1H3. The van der Waals surface area contributed by atoms with Crippen LogP contribution < -0.4 is 5.32 Å². The lowest BCUT2D eigenvalue weighted by molar-refractivity contribution is 0.395. The van der Waals surface area contributed by atoms with Crippen LogP contribution in [0.15, 0.2) is 22.7 Å². The van der Waals surface area contributed by atoms with Crippen LogP contribution in [0.2, 0.25) is 5.02 Å². The second kappa shape index (κ2) is 7.66. The predicted molar refractivity (Wildman–Crippen MR) is 86.8 cm³/mol. The Morgan fingerprint density at radius 2 is 2.11 bits per heavy atom. The fourth-order valence-corrected chi connectivity index (χ4v) is 3.48. The molecule has 1 fully saturated rings. The summed E-state index contributed by atoms with van der Waals surface area (Å²) in [5, 5.41) is 4.49. The SMILES string of the molecule is CCCNC(CC1CCCC1)c1ccc(Cl)c(Br)c1. The van der Waals surface area contributed by atoms with Gasteiger partial charge in [0.05, 0.1) is 5.02 Å². The molecule has 0 saturated heterocycles. The zero-order valence-electron chi connectivity index (χ0n) is 11.6. The molecule has 1 aliphatic rings. The van der Waals surface area contributed by atoms with Gasteiger partial charge in [0.1, 0.15) is 0 Å². The molecular weight excluding hydrogens is 322 g/mol. The maximum absolute atomic E-state index is 6.09. The number of rotatable bonds is 6. The lowest BCUT2D eigenvalue weighted by Gasteiger charge is -2.23. The summed E-state index contributed by atoms with van der Waals surface area (Å²) in [6.45, 7) is 3.30. The van der Waals surface area contributed by atoms with E-state index in [1.54, 1.807) is 0 Å². The van der Waals surface area contributed by atoms with Crippen LogP contribution in [0.5, 0.6) is 0 Å². The second-order valence-electron chi connectivity index (χ2n) is 5.57. The highest BCUT2D eigenvalue weighted by Crippen LogP contribution is 2.34. The molecule has 3 heteroatoms. The summed E-state index contributed by atoms with van der Waals surface area (Å²) in [6, 6.07) is 6.80. The third-order valence-corrected chi connectivity index (χ3v) is 5.24. The number of nitrogens with one attached hydrogen (secondary N) is 1. The molecule has 1 N–H and O–H groups in total. The Labute approximate surface area is 130 Å². The highest BCUT2D eigenvalue weighted by atomic mass is 79.9. The summed E-state index contributed by atoms with van der Waals surface area (Å²) >= 11 is 9.63. The normalized spacial score (nSPS) is 17.8. The lowest BCUT2D eigenvalue weighted by Crippen LogP contribution is -2.24. The van der Waals surface area contributed by atoms with E-state index < -0.39 is 0 Å². The molecule has 0 bridgehead atoms. The van der Waals surface area contributed by atoms with Gasteiger partial charge in [-0.3, -0.25) is 0 Å². The van der Waals surface area contributed by atoms with Crippen molar-refractivity contribution >= 4 is 27.5 Å². The first-order chi connectivity index (χ1) is 9.20.